The lowest BCUT2D eigenvalue weighted by Gasteiger charge is -2.08. The van der Waals surface area contributed by atoms with Crippen LogP contribution in [0.25, 0.3) is 0 Å². The van der Waals surface area contributed by atoms with E-state index in [0.717, 1.165) is 12.8 Å². The molecule has 0 rings (SSSR count). The van der Waals surface area contributed by atoms with E-state index in [1.807, 2.05) is 6.92 Å². The van der Waals surface area contributed by atoms with Crippen LogP contribution in [-0.4, -0.2) is 29.1 Å². The fourth-order valence-electron chi connectivity index (χ4n) is 1.16. The molecule has 0 aromatic heterocycles. The van der Waals surface area contributed by atoms with Gasteiger partial charge >= 0.3 is 17.9 Å². The molecule has 0 bridgehead atoms. The Morgan fingerprint density at radius 1 is 1.24 bits per heavy atom. The summed E-state index contributed by atoms with van der Waals surface area (Å²) in [4.78, 5) is 32.6. The number of carbonyl (C=O) groups is 3. The molecule has 0 saturated carbocycles. The van der Waals surface area contributed by atoms with Crippen molar-refractivity contribution in [2.45, 2.75) is 51.5 Å². The van der Waals surface area contributed by atoms with Crippen molar-refractivity contribution in [2.75, 3.05) is 0 Å². The molecule has 0 heterocycles. The molecule has 98 valence electrons. The van der Waals surface area contributed by atoms with Crippen molar-refractivity contribution in [3.05, 3.63) is 0 Å². The van der Waals surface area contributed by atoms with Gasteiger partial charge in [-0.25, -0.2) is 4.79 Å². The third-order valence-corrected chi connectivity index (χ3v) is 2.17. The van der Waals surface area contributed by atoms with Gasteiger partial charge in [0.05, 0.1) is 0 Å². The Bertz CT molecular complexity index is 277. The van der Waals surface area contributed by atoms with Crippen LogP contribution in [0.5, 0.6) is 0 Å². The Labute approximate surface area is 100 Å². The summed E-state index contributed by atoms with van der Waals surface area (Å²) in [6, 6.07) is -1.05. The van der Waals surface area contributed by atoms with E-state index in [-0.39, 0.29) is 19.3 Å². The predicted molar refractivity (Wildman–Crippen MR) is 60.1 cm³/mol. The summed E-state index contributed by atoms with van der Waals surface area (Å²) in [5.41, 5.74) is 5.38. The number of nitrogens with two attached hydrogens (primary N) is 1. The first-order valence-corrected chi connectivity index (χ1v) is 5.69. The molecule has 6 heteroatoms. The maximum absolute atomic E-state index is 11.2. The summed E-state index contributed by atoms with van der Waals surface area (Å²) in [7, 11) is 0. The molecule has 0 aromatic carbocycles. The summed E-state index contributed by atoms with van der Waals surface area (Å²) in [5, 5.41) is 8.39. The third-order valence-electron chi connectivity index (χ3n) is 2.17. The molecule has 0 spiro atoms. The van der Waals surface area contributed by atoms with Crippen LogP contribution in [0.4, 0.5) is 0 Å². The molecule has 0 aliphatic heterocycles. The van der Waals surface area contributed by atoms with Gasteiger partial charge in [-0.1, -0.05) is 19.8 Å². The predicted octanol–water partition coefficient (Wildman–Crippen LogP) is 0.829. The van der Waals surface area contributed by atoms with Crippen molar-refractivity contribution in [1.29, 1.82) is 0 Å². The lowest BCUT2D eigenvalue weighted by molar-refractivity contribution is -0.160. The third kappa shape index (κ3) is 8.38. The van der Waals surface area contributed by atoms with Crippen LogP contribution in [0, 0.1) is 0 Å². The second kappa shape index (κ2) is 8.69. The minimum Gasteiger partial charge on any atom is -0.481 e. The largest absolute Gasteiger partial charge is 0.481 e. The van der Waals surface area contributed by atoms with E-state index in [2.05, 4.69) is 4.74 Å². The Morgan fingerprint density at radius 3 is 2.41 bits per heavy atom. The van der Waals surface area contributed by atoms with Gasteiger partial charge < -0.3 is 15.6 Å². The topological polar surface area (TPSA) is 107 Å². The number of hydrogen-bond donors (Lipinski definition) is 2. The summed E-state index contributed by atoms with van der Waals surface area (Å²) < 4.78 is 4.50. The van der Waals surface area contributed by atoms with E-state index in [1.165, 1.54) is 0 Å². The lowest BCUT2D eigenvalue weighted by atomic mass is 10.2. The Balaban J connectivity index is 3.82. The Kier molecular flexibility index (Phi) is 7.96. The molecule has 0 amide bonds. The van der Waals surface area contributed by atoms with E-state index < -0.39 is 23.9 Å². The highest BCUT2D eigenvalue weighted by molar-refractivity contribution is 5.88. The van der Waals surface area contributed by atoms with Crippen molar-refractivity contribution in [1.82, 2.24) is 0 Å². The summed E-state index contributed by atoms with van der Waals surface area (Å²) >= 11 is 0. The van der Waals surface area contributed by atoms with Gasteiger partial charge in [0.15, 0.2) is 0 Å². The number of carboxylic acids is 1. The van der Waals surface area contributed by atoms with E-state index in [9.17, 15) is 14.4 Å². The van der Waals surface area contributed by atoms with E-state index in [0.29, 0.717) is 6.42 Å². The SMILES string of the molecule is CCCCCC(=O)OC(=O)C(N)CCC(=O)O. The van der Waals surface area contributed by atoms with Crippen LogP contribution >= 0.6 is 0 Å². The van der Waals surface area contributed by atoms with Gasteiger partial charge in [0, 0.05) is 12.8 Å². The average molecular weight is 245 g/mol. The fourth-order valence-corrected chi connectivity index (χ4v) is 1.16. The van der Waals surface area contributed by atoms with Crippen molar-refractivity contribution in [3.63, 3.8) is 0 Å². The highest BCUT2D eigenvalue weighted by atomic mass is 16.6. The maximum Gasteiger partial charge on any atom is 0.330 e. The first-order valence-electron chi connectivity index (χ1n) is 5.69. The number of ether oxygens (including phenoxy) is 1. The van der Waals surface area contributed by atoms with E-state index >= 15 is 0 Å². The molecule has 0 saturated heterocycles. The molecule has 1 atom stereocenters. The quantitative estimate of drug-likeness (QED) is 0.372. The van der Waals surface area contributed by atoms with Gasteiger partial charge in [-0.15, -0.1) is 0 Å². The van der Waals surface area contributed by atoms with Gasteiger partial charge in [-0.3, -0.25) is 9.59 Å². The number of esters is 2. The van der Waals surface area contributed by atoms with E-state index in [1.54, 1.807) is 0 Å². The van der Waals surface area contributed by atoms with Gasteiger partial charge in [0.2, 0.25) is 0 Å². The zero-order valence-electron chi connectivity index (χ0n) is 9.98. The zero-order chi connectivity index (χ0) is 13.3. The molecule has 0 aromatic rings. The second-order valence-corrected chi connectivity index (χ2v) is 3.79. The minimum atomic E-state index is -1.05. The highest BCUT2D eigenvalue weighted by Gasteiger charge is 2.19. The van der Waals surface area contributed by atoms with Crippen LogP contribution < -0.4 is 5.73 Å². The molecule has 0 aliphatic carbocycles. The van der Waals surface area contributed by atoms with E-state index in [4.69, 9.17) is 10.8 Å². The monoisotopic (exact) mass is 245 g/mol. The first kappa shape index (κ1) is 15.6. The number of carbonyl (C=O) groups excluding carboxylic acids is 2. The second-order valence-electron chi connectivity index (χ2n) is 3.79. The smallest absolute Gasteiger partial charge is 0.330 e. The van der Waals surface area contributed by atoms with Crippen molar-refractivity contribution in [2.24, 2.45) is 5.73 Å². The van der Waals surface area contributed by atoms with Crippen molar-refractivity contribution in [3.8, 4) is 0 Å². The van der Waals surface area contributed by atoms with Gasteiger partial charge in [0.25, 0.3) is 0 Å². The van der Waals surface area contributed by atoms with Crippen molar-refractivity contribution < 1.29 is 24.2 Å². The minimum absolute atomic E-state index is 0.0313. The standard InChI is InChI=1S/C11H19NO5/c1-2-3-4-5-10(15)17-11(16)8(12)6-7-9(13)14/h8H,2-7,12H2,1H3,(H,13,14). The molecule has 0 aliphatic rings. The molecule has 0 fully saturated rings. The molecule has 17 heavy (non-hydrogen) atoms. The molecule has 6 nitrogen and oxygen atoms in total. The molecular weight excluding hydrogens is 226 g/mol. The molecule has 3 N–H and O–H groups in total. The Morgan fingerprint density at radius 2 is 1.88 bits per heavy atom. The van der Waals surface area contributed by atoms with Crippen LogP contribution in [0.1, 0.15) is 45.4 Å². The number of hydrogen-bond acceptors (Lipinski definition) is 5. The summed E-state index contributed by atoms with van der Waals surface area (Å²) in [6.45, 7) is 2.00. The van der Waals surface area contributed by atoms with Gasteiger partial charge in [0.1, 0.15) is 6.04 Å². The zero-order valence-corrected chi connectivity index (χ0v) is 9.98. The van der Waals surface area contributed by atoms with Crippen LogP contribution in [0.2, 0.25) is 0 Å². The number of rotatable bonds is 8. The number of aliphatic carboxylic acids is 1. The highest BCUT2D eigenvalue weighted by Crippen LogP contribution is 2.03. The molecular formula is C11H19NO5. The van der Waals surface area contributed by atoms with Crippen molar-refractivity contribution >= 4 is 17.9 Å². The number of unbranched alkanes of at least 4 members (excludes halogenated alkanes) is 2. The van der Waals surface area contributed by atoms with Crippen LogP contribution in [0.3, 0.4) is 0 Å². The van der Waals surface area contributed by atoms with Crippen LogP contribution in [0.15, 0.2) is 0 Å². The Hall–Kier alpha value is -1.43. The fraction of sp³-hybridized carbons (Fsp3) is 0.727. The average Bonchev–Trinajstić information content (AvgIpc) is 2.26. The summed E-state index contributed by atoms with van der Waals surface area (Å²) in [6.07, 6.45) is 2.47. The van der Waals surface area contributed by atoms with Crippen LogP contribution in [-0.2, 0) is 19.1 Å². The molecule has 1 unspecified atom stereocenters. The normalized spacial score (nSPS) is 11.9. The molecule has 0 radical (unpaired) electrons. The maximum atomic E-state index is 11.2. The summed E-state index contributed by atoms with van der Waals surface area (Å²) in [5.74, 6) is -2.50. The van der Waals surface area contributed by atoms with Gasteiger partial charge in [-0.05, 0) is 12.8 Å². The number of carboxylic acid groups (broad SMARTS) is 1. The van der Waals surface area contributed by atoms with Gasteiger partial charge in [-0.2, -0.15) is 0 Å². The first-order chi connectivity index (χ1) is 7.97. The lowest BCUT2D eigenvalue weighted by Crippen LogP contribution is -2.34.